The summed E-state index contributed by atoms with van der Waals surface area (Å²) >= 11 is 0. The zero-order chi connectivity index (χ0) is 14.7. The lowest BCUT2D eigenvalue weighted by Gasteiger charge is -2.06. The van der Waals surface area contributed by atoms with Gasteiger partial charge in [0.25, 0.3) is 0 Å². The summed E-state index contributed by atoms with van der Waals surface area (Å²) in [6, 6.07) is 14.0. The van der Waals surface area contributed by atoms with E-state index in [4.69, 9.17) is 5.26 Å². The molecule has 0 spiro atoms. The van der Waals surface area contributed by atoms with E-state index in [1.807, 2.05) is 65.1 Å². The second-order valence-corrected chi connectivity index (χ2v) is 4.81. The second kappa shape index (κ2) is 5.55. The number of aromatic nitrogens is 3. The summed E-state index contributed by atoms with van der Waals surface area (Å²) in [5, 5.41) is 16.5. The van der Waals surface area contributed by atoms with Crippen LogP contribution in [0.5, 0.6) is 0 Å². The summed E-state index contributed by atoms with van der Waals surface area (Å²) in [5.41, 5.74) is 3.82. The highest BCUT2D eigenvalue weighted by Gasteiger charge is 2.02. The molecule has 0 fully saturated rings. The summed E-state index contributed by atoms with van der Waals surface area (Å²) in [5.74, 6) is 0. The van der Waals surface area contributed by atoms with Crippen molar-refractivity contribution in [2.45, 2.75) is 6.54 Å². The molecule has 0 saturated carbocycles. The summed E-state index contributed by atoms with van der Waals surface area (Å²) in [6.07, 6.45) is 5.63. The highest BCUT2D eigenvalue weighted by Crippen LogP contribution is 2.14. The number of aryl methyl sites for hydroxylation is 1. The van der Waals surface area contributed by atoms with Gasteiger partial charge in [0.05, 0.1) is 5.69 Å². The normalized spacial score (nSPS) is 10.3. The van der Waals surface area contributed by atoms with E-state index in [2.05, 4.69) is 16.5 Å². The van der Waals surface area contributed by atoms with Gasteiger partial charge in [-0.25, -0.2) is 4.68 Å². The third-order valence-electron chi connectivity index (χ3n) is 3.31. The molecule has 5 nitrogen and oxygen atoms in total. The molecular formula is C16H15N5. The number of rotatable bonds is 4. The molecule has 3 aromatic rings. The predicted molar refractivity (Wildman–Crippen MR) is 81.0 cm³/mol. The van der Waals surface area contributed by atoms with Crippen LogP contribution in [0.3, 0.4) is 0 Å². The first-order chi connectivity index (χ1) is 10.3. The van der Waals surface area contributed by atoms with Crippen molar-refractivity contribution in [3.63, 3.8) is 0 Å². The predicted octanol–water partition coefficient (Wildman–Crippen LogP) is 2.69. The smallest absolute Gasteiger partial charge is 0.120 e. The minimum absolute atomic E-state index is 0.667. The first-order valence-electron chi connectivity index (χ1n) is 6.65. The number of benzene rings is 1. The van der Waals surface area contributed by atoms with Gasteiger partial charge in [0, 0.05) is 37.9 Å². The Kier molecular flexibility index (Phi) is 3.44. The molecule has 3 rings (SSSR count). The van der Waals surface area contributed by atoms with Crippen molar-refractivity contribution in [3.05, 3.63) is 66.2 Å². The minimum atomic E-state index is 0.667. The lowest BCUT2D eigenvalue weighted by molar-refractivity contribution is 0.880. The molecule has 0 radical (unpaired) electrons. The number of anilines is 1. The Morgan fingerprint density at radius 3 is 2.71 bits per heavy atom. The minimum Gasteiger partial charge on any atom is -0.381 e. The number of hydrogen-bond donors (Lipinski definition) is 1. The van der Waals surface area contributed by atoms with Crippen molar-refractivity contribution < 1.29 is 0 Å². The van der Waals surface area contributed by atoms with E-state index >= 15 is 0 Å². The van der Waals surface area contributed by atoms with E-state index in [0.717, 1.165) is 16.9 Å². The Balaban J connectivity index is 1.67. The summed E-state index contributed by atoms with van der Waals surface area (Å²) in [6.45, 7) is 0.691. The molecule has 0 bridgehead atoms. The fraction of sp³-hybridized carbons (Fsp3) is 0.125. The van der Waals surface area contributed by atoms with Crippen LogP contribution in [0.4, 0.5) is 5.69 Å². The van der Waals surface area contributed by atoms with Gasteiger partial charge < -0.3 is 9.88 Å². The molecule has 0 amide bonds. The number of nitrogens with one attached hydrogen (secondary N) is 1. The fourth-order valence-electron chi connectivity index (χ4n) is 2.20. The number of nitrogens with zero attached hydrogens (tertiary/aromatic N) is 4. The molecule has 0 aliphatic carbocycles. The van der Waals surface area contributed by atoms with E-state index in [0.29, 0.717) is 12.2 Å². The van der Waals surface area contributed by atoms with Gasteiger partial charge in [-0.15, -0.1) is 0 Å². The topological polar surface area (TPSA) is 58.6 Å². The van der Waals surface area contributed by atoms with E-state index in [1.54, 1.807) is 6.20 Å². The van der Waals surface area contributed by atoms with Crippen LogP contribution in [0.2, 0.25) is 0 Å². The second-order valence-electron chi connectivity index (χ2n) is 4.81. The zero-order valence-corrected chi connectivity index (χ0v) is 11.7. The lowest BCUT2D eigenvalue weighted by Crippen LogP contribution is -1.99. The summed E-state index contributed by atoms with van der Waals surface area (Å²) in [7, 11) is 1.88. The van der Waals surface area contributed by atoms with Crippen molar-refractivity contribution in [1.82, 2.24) is 14.3 Å². The molecule has 2 heterocycles. The third-order valence-corrected chi connectivity index (χ3v) is 3.31. The van der Waals surface area contributed by atoms with Gasteiger partial charge >= 0.3 is 0 Å². The maximum absolute atomic E-state index is 8.94. The Morgan fingerprint density at radius 2 is 2.10 bits per heavy atom. The largest absolute Gasteiger partial charge is 0.381 e. The summed E-state index contributed by atoms with van der Waals surface area (Å²) in [4.78, 5) is 0. The van der Waals surface area contributed by atoms with E-state index < -0.39 is 0 Å². The van der Waals surface area contributed by atoms with Crippen molar-refractivity contribution in [3.8, 4) is 11.8 Å². The van der Waals surface area contributed by atoms with E-state index in [9.17, 15) is 0 Å². The van der Waals surface area contributed by atoms with Crippen LogP contribution in [-0.2, 0) is 13.6 Å². The molecule has 5 heteroatoms. The van der Waals surface area contributed by atoms with Gasteiger partial charge in [-0.05, 0) is 42.0 Å². The van der Waals surface area contributed by atoms with Gasteiger partial charge in [-0.3, -0.25) is 0 Å². The van der Waals surface area contributed by atoms with Crippen LogP contribution in [0.25, 0.3) is 5.69 Å². The lowest BCUT2D eigenvalue weighted by atomic mass is 10.2. The van der Waals surface area contributed by atoms with Gasteiger partial charge in [0.1, 0.15) is 11.8 Å². The molecule has 1 aromatic carbocycles. The van der Waals surface area contributed by atoms with Crippen molar-refractivity contribution in [1.29, 1.82) is 5.26 Å². The van der Waals surface area contributed by atoms with Gasteiger partial charge in [0.2, 0.25) is 0 Å². The Bertz CT molecular complexity index is 760. The van der Waals surface area contributed by atoms with Crippen LogP contribution in [0.1, 0.15) is 11.3 Å². The molecular weight excluding hydrogens is 262 g/mol. The summed E-state index contributed by atoms with van der Waals surface area (Å²) < 4.78 is 3.65. The molecule has 1 N–H and O–H groups in total. The van der Waals surface area contributed by atoms with Crippen molar-refractivity contribution >= 4 is 5.69 Å². The Labute approximate surface area is 123 Å². The SMILES string of the molecule is Cn1cc(CNc2ccc(-n3cccn3)cc2)cc1C#N. The fourth-order valence-corrected chi connectivity index (χ4v) is 2.20. The number of nitriles is 1. The average Bonchev–Trinajstić information content (AvgIpc) is 3.15. The Morgan fingerprint density at radius 1 is 1.29 bits per heavy atom. The van der Waals surface area contributed by atoms with Gasteiger partial charge in [-0.2, -0.15) is 10.4 Å². The molecule has 21 heavy (non-hydrogen) atoms. The van der Waals surface area contributed by atoms with Crippen LogP contribution >= 0.6 is 0 Å². The molecule has 0 saturated heterocycles. The highest BCUT2D eigenvalue weighted by atomic mass is 15.3. The Hall–Kier alpha value is -3.00. The number of hydrogen-bond acceptors (Lipinski definition) is 3. The molecule has 104 valence electrons. The monoisotopic (exact) mass is 277 g/mol. The quantitative estimate of drug-likeness (QED) is 0.797. The molecule has 2 aromatic heterocycles. The maximum atomic E-state index is 8.94. The standard InChI is InChI=1S/C16H15N5/c1-20-12-13(9-16(20)10-17)11-18-14-3-5-15(6-4-14)21-8-2-7-19-21/h2-9,12,18H,11H2,1H3. The van der Waals surface area contributed by atoms with Crippen LogP contribution in [0.15, 0.2) is 55.0 Å². The van der Waals surface area contributed by atoms with Gasteiger partial charge in [-0.1, -0.05) is 0 Å². The van der Waals surface area contributed by atoms with Gasteiger partial charge in [0.15, 0.2) is 0 Å². The van der Waals surface area contributed by atoms with Crippen LogP contribution in [-0.4, -0.2) is 14.3 Å². The zero-order valence-electron chi connectivity index (χ0n) is 11.7. The van der Waals surface area contributed by atoms with E-state index in [-0.39, 0.29) is 0 Å². The van der Waals surface area contributed by atoms with Crippen molar-refractivity contribution in [2.24, 2.45) is 7.05 Å². The first-order valence-corrected chi connectivity index (χ1v) is 6.65. The van der Waals surface area contributed by atoms with E-state index in [1.165, 1.54) is 0 Å². The highest BCUT2D eigenvalue weighted by molar-refractivity contribution is 5.49. The van der Waals surface area contributed by atoms with Crippen LogP contribution < -0.4 is 5.32 Å². The molecule has 0 atom stereocenters. The third kappa shape index (κ3) is 2.79. The van der Waals surface area contributed by atoms with Crippen LogP contribution in [0, 0.1) is 11.3 Å². The first kappa shape index (κ1) is 13.0. The maximum Gasteiger partial charge on any atom is 0.120 e. The molecule has 0 aliphatic rings. The average molecular weight is 277 g/mol. The molecule has 0 aliphatic heterocycles. The van der Waals surface area contributed by atoms with Crippen molar-refractivity contribution in [2.75, 3.05) is 5.32 Å². The molecule has 0 unspecified atom stereocenters.